The normalized spacial score (nSPS) is 25.1. The van der Waals surface area contributed by atoms with Crippen molar-refractivity contribution < 1.29 is 9.31 Å². The molecule has 3 rings (SSSR count). The number of aromatic nitrogens is 2. The van der Waals surface area contributed by atoms with Crippen LogP contribution < -0.4 is 16.1 Å². The minimum absolute atomic E-state index is 0.357. The molecule has 26 heavy (non-hydrogen) atoms. The highest BCUT2D eigenvalue weighted by atomic mass is 16.7. The smallest absolute Gasteiger partial charge is 0.399 e. The van der Waals surface area contributed by atoms with E-state index in [1.165, 1.54) is 6.42 Å². The van der Waals surface area contributed by atoms with Gasteiger partial charge in [0, 0.05) is 50.1 Å². The molecule has 0 spiro atoms. The van der Waals surface area contributed by atoms with Crippen LogP contribution in [-0.4, -0.2) is 72.5 Å². The molecule has 1 aromatic heterocycles. The number of hydrogen-bond donors (Lipinski definition) is 1. The van der Waals surface area contributed by atoms with Gasteiger partial charge in [-0.05, 0) is 47.6 Å². The summed E-state index contributed by atoms with van der Waals surface area (Å²) >= 11 is 0. The SMILES string of the molecule is CN(CCN)[C@H]1CCCN(c2ncc(B3OC(C)(C)C(C)(C)O3)cn2)C1. The first-order valence-corrected chi connectivity index (χ1v) is 9.56. The molecule has 2 fully saturated rings. The van der Waals surface area contributed by atoms with Crippen molar-refractivity contribution in [2.24, 2.45) is 5.73 Å². The summed E-state index contributed by atoms with van der Waals surface area (Å²) < 4.78 is 12.2. The third-order valence-electron chi connectivity index (χ3n) is 5.97. The molecule has 0 aliphatic carbocycles. The van der Waals surface area contributed by atoms with Crippen molar-refractivity contribution in [3.63, 3.8) is 0 Å². The van der Waals surface area contributed by atoms with Crippen LogP contribution in [0.5, 0.6) is 0 Å². The van der Waals surface area contributed by atoms with E-state index in [1.54, 1.807) is 0 Å². The lowest BCUT2D eigenvalue weighted by molar-refractivity contribution is 0.00578. The van der Waals surface area contributed by atoms with Crippen molar-refractivity contribution in [1.82, 2.24) is 14.9 Å². The van der Waals surface area contributed by atoms with Gasteiger partial charge in [0.05, 0.1) is 11.2 Å². The van der Waals surface area contributed by atoms with E-state index in [9.17, 15) is 0 Å². The number of likely N-dealkylation sites (N-methyl/N-ethyl adjacent to an activating group) is 1. The second-order valence-electron chi connectivity index (χ2n) is 8.42. The molecule has 3 heterocycles. The molecule has 0 bridgehead atoms. The minimum Gasteiger partial charge on any atom is -0.399 e. The lowest BCUT2D eigenvalue weighted by atomic mass is 9.81. The van der Waals surface area contributed by atoms with Crippen LogP contribution in [-0.2, 0) is 9.31 Å². The molecule has 0 amide bonds. The van der Waals surface area contributed by atoms with Gasteiger partial charge in [-0.3, -0.25) is 0 Å². The van der Waals surface area contributed by atoms with Gasteiger partial charge in [-0.2, -0.15) is 0 Å². The molecule has 0 aromatic carbocycles. The Hall–Kier alpha value is -1.22. The highest BCUT2D eigenvalue weighted by molar-refractivity contribution is 6.61. The van der Waals surface area contributed by atoms with E-state index in [4.69, 9.17) is 15.0 Å². The van der Waals surface area contributed by atoms with Crippen LogP contribution in [0.4, 0.5) is 5.95 Å². The van der Waals surface area contributed by atoms with Crippen molar-refractivity contribution in [2.45, 2.75) is 57.8 Å². The molecule has 2 aliphatic rings. The van der Waals surface area contributed by atoms with Crippen LogP contribution >= 0.6 is 0 Å². The van der Waals surface area contributed by atoms with Gasteiger partial charge < -0.3 is 24.8 Å². The van der Waals surface area contributed by atoms with Gasteiger partial charge in [0.2, 0.25) is 5.95 Å². The average molecular weight is 361 g/mol. The standard InChI is InChI=1S/C18H32BN5O2/c1-17(2)18(3,4)26-19(25-17)14-11-21-16(22-12-14)24-9-6-7-15(13-24)23(5)10-8-20/h11-12,15H,6-10,13,20H2,1-5H3/t15-/m0/s1. The molecule has 0 radical (unpaired) electrons. The largest absolute Gasteiger partial charge is 0.498 e. The maximum atomic E-state index is 6.08. The van der Waals surface area contributed by atoms with Gasteiger partial charge in [-0.1, -0.05) is 0 Å². The zero-order chi connectivity index (χ0) is 18.9. The summed E-state index contributed by atoms with van der Waals surface area (Å²) in [7, 11) is 1.72. The van der Waals surface area contributed by atoms with Crippen LogP contribution in [0.25, 0.3) is 0 Å². The zero-order valence-electron chi connectivity index (χ0n) is 16.7. The van der Waals surface area contributed by atoms with Gasteiger partial charge in [-0.15, -0.1) is 0 Å². The number of anilines is 1. The van der Waals surface area contributed by atoms with Gasteiger partial charge in [0.1, 0.15) is 0 Å². The monoisotopic (exact) mass is 361 g/mol. The first kappa shape index (κ1) is 19.5. The predicted molar refractivity (Wildman–Crippen MR) is 105 cm³/mol. The average Bonchev–Trinajstić information content (AvgIpc) is 2.83. The summed E-state index contributed by atoms with van der Waals surface area (Å²) in [6, 6.07) is 0.499. The Morgan fingerprint density at radius 3 is 2.42 bits per heavy atom. The van der Waals surface area contributed by atoms with Crippen LogP contribution in [0.1, 0.15) is 40.5 Å². The molecule has 2 aliphatic heterocycles. The van der Waals surface area contributed by atoms with E-state index in [0.717, 1.165) is 37.5 Å². The lowest BCUT2D eigenvalue weighted by Gasteiger charge is -2.37. The van der Waals surface area contributed by atoms with Crippen molar-refractivity contribution in [1.29, 1.82) is 0 Å². The first-order chi connectivity index (χ1) is 12.2. The quantitative estimate of drug-likeness (QED) is 0.771. The number of piperidine rings is 1. The number of rotatable bonds is 5. The van der Waals surface area contributed by atoms with E-state index in [1.807, 2.05) is 40.1 Å². The number of hydrogen-bond acceptors (Lipinski definition) is 7. The van der Waals surface area contributed by atoms with Crippen LogP contribution in [0.3, 0.4) is 0 Å². The van der Waals surface area contributed by atoms with Gasteiger partial charge in [0.25, 0.3) is 0 Å². The number of nitrogens with zero attached hydrogens (tertiary/aromatic N) is 4. The summed E-state index contributed by atoms with van der Waals surface area (Å²) in [6.07, 6.45) is 6.00. The number of nitrogens with two attached hydrogens (primary N) is 1. The summed E-state index contributed by atoms with van der Waals surface area (Å²) in [4.78, 5) is 13.8. The van der Waals surface area contributed by atoms with Crippen molar-refractivity contribution in [3.8, 4) is 0 Å². The zero-order valence-corrected chi connectivity index (χ0v) is 16.7. The van der Waals surface area contributed by atoms with E-state index < -0.39 is 7.12 Å². The third kappa shape index (κ3) is 3.88. The molecule has 0 saturated carbocycles. The summed E-state index contributed by atoms with van der Waals surface area (Å²) in [5.41, 5.74) is 5.84. The Bertz CT molecular complexity index is 594. The van der Waals surface area contributed by atoms with Gasteiger partial charge in [-0.25, -0.2) is 9.97 Å². The summed E-state index contributed by atoms with van der Waals surface area (Å²) in [5, 5.41) is 0. The molecule has 2 N–H and O–H groups in total. The Balaban J connectivity index is 1.66. The van der Waals surface area contributed by atoms with E-state index in [-0.39, 0.29) is 11.2 Å². The molecular formula is C18H32BN5O2. The fourth-order valence-corrected chi connectivity index (χ4v) is 3.48. The van der Waals surface area contributed by atoms with Crippen molar-refractivity contribution in [3.05, 3.63) is 12.4 Å². The molecule has 144 valence electrons. The van der Waals surface area contributed by atoms with Crippen LogP contribution in [0.15, 0.2) is 12.4 Å². The van der Waals surface area contributed by atoms with E-state index in [2.05, 4.69) is 26.8 Å². The fourth-order valence-electron chi connectivity index (χ4n) is 3.48. The Labute approximate surface area is 157 Å². The fraction of sp³-hybridized carbons (Fsp3) is 0.778. The highest BCUT2D eigenvalue weighted by Gasteiger charge is 2.52. The third-order valence-corrected chi connectivity index (χ3v) is 5.97. The second kappa shape index (κ2) is 7.42. The summed E-state index contributed by atoms with van der Waals surface area (Å²) in [5.74, 6) is 0.774. The minimum atomic E-state index is -0.418. The van der Waals surface area contributed by atoms with Crippen LogP contribution in [0, 0.1) is 0 Å². The van der Waals surface area contributed by atoms with Crippen molar-refractivity contribution in [2.75, 3.05) is 38.1 Å². The van der Waals surface area contributed by atoms with Crippen LogP contribution in [0.2, 0.25) is 0 Å². The molecule has 8 heteroatoms. The predicted octanol–water partition coefficient (Wildman–Crippen LogP) is 0.635. The Kier molecular flexibility index (Phi) is 5.58. The lowest BCUT2D eigenvalue weighted by Crippen LogP contribution is -2.48. The topological polar surface area (TPSA) is 76.7 Å². The molecule has 0 unspecified atom stereocenters. The maximum absolute atomic E-state index is 6.08. The van der Waals surface area contributed by atoms with Crippen molar-refractivity contribution >= 4 is 18.5 Å². The van der Waals surface area contributed by atoms with Gasteiger partial charge >= 0.3 is 7.12 Å². The highest BCUT2D eigenvalue weighted by Crippen LogP contribution is 2.36. The molecule has 2 saturated heterocycles. The maximum Gasteiger partial charge on any atom is 0.498 e. The molecule has 7 nitrogen and oxygen atoms in total. The Morgan fingerprint density at radius 1 is 1.23 bits per heavy atom. The van der Waals surface area contributed by atoms with Gasteiger partial charge in [0.15, 0.2) is 0 Å². The second-order valence-corrected chi connectivity index (χ2v) is 8.42. The van der Waals surface area contributed by atoms with E-state index >= 15 is 0 Å². The molecule has 1 atom stereocenters. The first-order valence-electron chi connectivity index (χ1n) is 9.56. The van der Waals surface area contributed by atoms with E-state index in [0.29, 0.717) is 12.6 Å². The summed E-state index contributed by atoms with van der Waals surface area (Å²) in [6.45, 7) is 11.7. The Morgan fingerprint density at radius 2 is 1.85 bits per heavy atom. The molecular weight excluding hydrogens is 329 g/mol. The molecule has 1 aromatic rings.